The number of rotatable bonds is 4. The number of nitrogens with one attached hydrogen (secondary N) is 4. The van der Waals surface area contributed by atoms with Crippen molar-refractivity contribution in [3.63, 3.8) is 0 Å². The summed E-state index contributed by atoms with van der Waals surface area (Å²) >= 11 is 0. The van der Waals surface area contributed by atoms with Crippen molar-refractivity contribution in [3.05, 3.63) is 64.2 Å². The first-order valence-electron chi connectivity index (χ1n) is 8.73. The van der Waals surface area contributed by atoms with Gasteiger partial charge in [-0.15, -0.1) is 0 Å². The zero-order valence-corrected chi connectivity index (χ0v) is 15.7. The van der Waals surface area contributed by atoms with E-state index in [1.54, 1.807) is 6.07 Å². The van der Waals surface area contributed by atoms with Crippen LogP contribution in [0.5, 0.6) is 0 Å². The third-order valence-corrected chi connectivity index (χ3v) is 4.42. The van der Waals surface area contributed by atoms with E-state index in [0.29, 0.717) is 5.56 Å². The minimum atomic E-state index is -4.41. The Labute approximate surface area is 161 Å². The van der Waals surface area contributed by atoms with Crippen LogP contribution in [0.3, 0.4) is 0 Å². The van der Waals surface area contributed by atoms with Gasteiger partial charge < -0.3 is 5.32 Å². The largest absolute Gasteiger partial charge is 0.416 e. The summed E-state index contributed by atoms with van der Waals surface area (Å²) in [6.07, 6.45) is -5.01. The number of hydrazine groups is 3. The minimum absolute atomic E-state index is 0.0464. The summed E-state index contributed by atoms with van der Waals surface area (Å²) in [7, 11) is 0. The fraction of sp³-hybridized carbons (Fsp3) is 0.316. The van der Waals surface area contributed by atoms with Crippen molar-refractivity contribution in [2.24, 2.45) is 0 Å². The summed E-state index contributed by atoms with van der Waals surface area (Å²) in [5.41, 5.74) is 12.0. The van der Waals surface area contributed by atoms with E-state index in [2.05, 4.69) is 21.7 Å². The van der Waals surface area contributed by atoms with Crippen molar-refractivity contribution in [2.75, 3.05) is 11.9 Å². The van der Waals surface area contributed by atoms with Crippen LogP contribution in [0.25, 0.3) is 0 Å². The van der Waals surface area contributed by atoms with Gasteiger partial charge in [-0.05, 0) is 49.6 Å². The van der Waals surface area contributed by atoms with E-state index in [1.807, 2.05) is 32.9 Å². The summed E-state index contributed by atoms with van der Waals surface area (Å²) in [5, 5.41) is 4.27. The van der Waals surface area contributed by atoms with Crippen LogP contribution in [0.4, 0.5) is 18.9 Å². The number of hydrogen-bond donors (Lipinski definition) is 4. The zero-order valence-electron chi connectivity index (χ0n) is 15.7. The lowest BCUT2D eigenvalue weighted by Gasteiger charge is -2.17. The molecule has 3 rings (SSSR count). The third-order valence-electron chi connectivity index (χ3n) is 4.42. The number of carbonyl (C=O) groups excluding carboxylic acids is 1. The van der Waals surface area contributed by atoms with Crippen LogP contribution in [0, 0.1) is 20.8 Å². The van der Waals surface area contributed by atoms with Gasteiger partial charge in [0.15, 0.2) is 0 Å². The first-order chi connectivity index (χ1) is 13.1. The number of hydrogen-bond acceptors (Lipinski definition) is 5. The van der Waals surface area contributed by atoms with E-state index in [4.69, 9.17) is 0 Å². The molecule has 0 saturated carbocycles. The molecule has 9 heteroatoms. The molecule has 0 aromatic heterocycles. The highest BCUT2D eigenvalue weighted by atomic mass is 19.4. The monoisotopic (exact) mass is 393 g/mol. The van der Waals surface area contributed by atoms with Gasteiger partial charge >= 0.3 is 6.18 Å². The predicted molar refractivity (Wildman–Crippen MR) is 99.6 cm³/mol. The minimum Gasteiger partial charge on any atom is -0.324 e. The number of anilines is 1. The van der Waals surface area contributed by atoms with Gasteiger partial charge in [-0.1, -0.05) is 29.8 Å². The topological polar surface area (TPSA) is 68.4 Å². The molecule has 28 heavy (non-hydrogen) atoms. The SMILES string of the molecule is Cc1cc(C)c(NC(=O)CN2NNC(c3cccc(C(F)(F)F)c3)N2)c(C)c1. The molecule has 1 unspecified atom stereocenters. The van der Waals surface area contributed by atoms with Crippen LogP contribution in [-0.4, -0.2) is 17.6 Å². The third kappa shape index (κ3) is 4.68. The molecule has 1 aliphatic rings. The van der Waals surface area contributed by atoms with Crippen molar-refractivity contribution in [1.82, 2.24) is 21.5 Å². The van der Waals surface area contributed by atoms with Crippen LogP contribution >= 0.6 is 0 Å². The van der Waals surface area contributed by atoms with Crippen molar-refractivity contribution < 1.29 is 18.0 Å². The lowest BCUT2D eigenvalue weighted by molar-refractivity contribution is -0.137. The van der Waals surface area contributed by atoms with Gasteiger partial charge in [-0.25, -0.2) is 10.9 Å². The van der Waals surface area contributed by atoms with E-state index in [0.717, 1.165) is 34.5 Å². The van der Waals surface area contributed by atoms with E-state index in [-0.39, 0.29) is 12.5 Å². The standard InChI is InChI=1S/C19H22F3N5O/c1-11-7-12(2)17(13(3)8-11)23-16(28)10-27-25-18(24-26-27)14-5-4-6-15(9-14)19(20,21)22/h4-9,18,24-26H,10H2,1-3H3,(H,23,28). The molecular weight excluding hydrogens is 371 g/mol. The smallest absolute Gasteiger partial charge is 0.324 e. The molecular formula is C19H22F3N5O. The summed E-state index contributed by atoms with van der Waals surface area (Å²) < 4.78 is 38.6. The molecule has 1 aliphatic heterocycles. The molecule has 150 valence electrons. The Morgan fingerprint density at radius 3 is 2.46 bits per heavy atom. The van der Waals surface area contributed by atoms with Gasteiger partial charge in [0.25, 0.3) is 0 Å². The normalized spacial score (nSPS) is 17.7. The summed E-state index contributed by atoms with van der Waals surface area (Å²) in [5.74, 6) is -0.262. The van der Waals surface area contributed by atoms with E-state index >= 15 is 0 Å². The lowest BCUT2D eigenvalue weighted by atomic mass is 10.1. The Balaban J connectivity index is 1.61. The Morgan fingerprint density at radius 1 is 1.14 bits per heavy atom. The van der Waals surface area contributed by atoms with Crippen molar-refractivity contribution in [2.45, 2.75) is 33.1 Å². The maximum Gasteiger partial charge on any atom is 0.416 e. The molecule has 0 radical (unpaired) electrons. The number of halogens is 3. The van der Waals surface area contributed by atoms with Gasteiger partial charge in [0.1, 0.15) is 12.7 Å². The highest BCUT2D eigenvalue weighted by Gasteiger charge is 2.32. The van der Waals surface area contributed by atoms with Gasteiger partial charge in [0.05, 0.1) is 5.56 Å². The maximum absolute atomic E-state index is 12.9. The second-order valence-corrected chi connectivity index (χ2v) is 6.85. The second kappa shape index (κ2) is 7.88. The number of carbonyl (C=O) groups is 1. The molecule has 6 nitrogen and oxygen atoms in total. The van der Waals surface area contributed by atoms with Gasteiger partial charge in [-0.2, -0.15) is 23.8 Å². The average Bonchev–Trinajstić information content (AvgIpc) is 3.06. The van der Waals surface area contributed by atoms with Crippen LogP contribution < -0.4 is 21.7 Å². The predicted octanol–water partition coefficient (Wildman–Crippen LogP) is 3.10. The molecule has 1 heterocycles. The summed E-state index contributed by atoms with van der Waals surface area (Å²) in [6, 6.07) is 8.97. The molecule has 2 aromatic rings. The lowest BCUT2D eigenvalue weighted by Crippen LogP contribution is -2.45. The van der Waals surface area contributed by atoms with Crippen molar-refractivity contribution in [1.29, 1.82) is 0 Å². The molecule has 0 bridgehead atoms. The Morgan fingerprint density at radius 2 is 1.82 bits per heavy atom. The van der Waals surface area contributed by atoms with E-state index in [9.17, 15) is 18.0 Å². The highest BCUT2D eigenvalue weighted by Crippen LogP contribution is 2.30. The molecule has 2 aromatic carbocycles. The average molecular weight is 393 g/mol. The highest BCUT2D eigenvalue weighted by molar-refractivity contribution is 5.93. The molecule has 1 atom stereocenters. The van der Waals surface area contributed by atoms with Crippen LogP contribution in [0.15, 0.2) is 36.4 Å². The first-order valence-corrected chi connectivity index (χ1v) is 8.73. The number of alkyl halides is 3. The zero-order chi connectivity index (χ0) is 20.5. The molecule has 1 fully saturated rings. The fourth-order valence-electron chi connectivity index (χ4n) is 3.20. The number of amides is 1. The number of nitrogens with zero attached hydrogens (tertiary/aromatic N) is 1. The molecule has 0 spiro atoms. The molecule has 1 amide bonds. The van der Waals surface area contributed by atoms with E-state index < -0.39 is 17.9 Å². The molecule has 1 saturated heterocycles. The van der Waals surface area contributed by atoms with Crippen molar-refractivity contribution in [3.8, 4) is 0 Å². The van der Waals surface area contributed by atoms with Gasteiger partial charge in [-0.3, -0.25) is 4.79 Å². The van der Waals surface area contributed by atoms with Crippen LogP contribution in [0.1, 0.15) is 34.0 Å². The van der Waals surface area contributed by atoms with Gasteiger partial charge in [0, 0.05) is 5.69 Å². The summed E-state index contributed by atoms with van der Waals surface area (Å²) in [4.78, 5) is 12.4. The first kappa shape index (κ1) is 20.3. The van der Waals surface area contributed by atoms with Crippen molar-refractivity contribution >= 4 is 11.6 Å². The number of benzene rings is 2. The number of aryl methyl sites for hydroxylation is 3. The maximum atomic E-state index is 12.9. The quantitative estimate of drug-likeness (QED) is 0.643. The van der Waals surface area contributed by atoms with E-state index in [1.165, 1.54) is 11.2 Å². The summed E-state index contributed by atoms with van der Waals surface area (Å²) in [6.45, 7) is 5.79. The molecule has 4 N–H and O–H groups in total. The second-order valence-electron chi connectivity index (χ2n) is 6.85. The Hall–Kier alpha value is -2.46. The fourth-order valence-corrected chi connectivity index (χ4v) is 3.20. The molecule has 0 aliphatic carbocycles. The Bertz CT molecular complexity index is 861. The Kier molecular flexibility index (Phi) is 5.71. The van der Waals surface area contributed by atoms with Gasteiger partial charge in [0.2, 0.25) is 5.91 Å². The van der Waals surface area contributed by atoms with Crippen LogP contribution in [-0.2, 0) is 11.0 Å². The van der Waals surface area contributed by atoms with Crippen LogP contribution in [0.2, 0.25) is 0 Å².